The number of halogens is 4. The van der Waals surface area contributed by atoms with Crippen molar-refractivity contribution in [2.45, 2.75) is 12.6 Å². The highest BCUT2D eigenvalue weighted by atomic mass is 32.2. The number of thioether (sulfide) groups is 1. The summed E-state index contributed by atoms with van der Waals surface area (Å²) in [6.07, 6.45) is -3.49. The van der Waals surface area contributed by atoms with Gasteiger partial charge in [0.15, 0.2) is 0 Å². The van der Waals surface area contributed by atoms with E-state index in [1.807, 2.05) is 0 Å². The van der Waals surface area contributed by atoms with Crippen molar-refractivity contribution in [1.29, 1.82) is 0 Å². The Morgan fingerprint density at radius 3 is 2.66 bits per heavy atom. The van der Waals surface area contributed by atoms with Gasteiger partial charge in [0.2, 0.25) is 5.91 Å². The van der Waals surface area contributed by atoms with E-state index < -0.39 is 29.4 Å². The largest absolute Gasteiger partial charge is 0.457 e. The highest BCUT2D eigenvalue weighted by molar-refractivity contribution is 8.26. The van der Waals surface area contributed by atoms with Crippen LogP contribution in [-0.4, -0.2) is 27.6 Å². The number of alkyl halides is 3. The second kappa shape index (κ2) is 7.99. The summed E-state index contributed by atoms with van der Waals surface area (Å²) in [6.45, 7) is 0.0521. The number of hydrogen-bond donors (Lipinski definition) is 1. The third kappa shape index (κ3) is 4.67. The van der Waals surface area contributed by atoms with Gasteiger partial charge in [-0.3, -0.25) is 14.5 Å². The number of nitrogens with zero attached hydrogens (tertiary/aromatic N) is 1. The molecule has 2 N–H and O–H groups in total. The summed E-state index contributed by atoms with van der Waals surface area (Å²) in [6, 6.07) is 5.40. The SMILES string of the molecule is NC(=O)CCN1C(=O)/C(=C/c2ccc(-c3ccc(F)c(C(F)(F)F)c3)o2)SC1=S. The molecule has 11 heteroatoms. The Morgan fingerprint density at radius 1 is 1.28 bits per heavy atom. The average molecular weight is 444 g/mol. The monoisotopic (exact) mass is 444 g/mol. The Labute approximate surface area is 171 Å². The van der Waals surface area contributed by atoms with Crippen LogP contribution in [0.1, 0.15) is 17.7 Å². The van der Waals surface area contributed by atoms with E-state index in [1.54, 1.807) is 0 Å². The predicted octanol–water partition coefficient (Wildman–Crippen LogP) is 4.18. The van der Waals surface area contributed by atoms with Gasteiger partial charge in [0.25, 0.3) is 5.91 Å². The normalized spacial score (nSPS) is 16.1. The summed E-state index contributed by atoms with van der Waals surface area (Å²) in [5.74, 6) is -2.11. The minimum Gasteiger partial charge on any atom is -0.457 e. The Hall–Kier alpha value is -2.66. The van der Waals surface area contributed by atoms with E-state index in [2.05, 4.69) is 0 Å². The number of benzene rings is 1. The number of rotatable bonds is 5. The lowest BCUT2D eigenvalue weighted by Gasteiger charge is -2.12. The highest BCUT2D eigenvalue weighted by Gasteiger charge is 2.35. The zero-order chi connectivity index (χ0) is 21.3. The molecule has 1 aromatic heterocycles. The fourth-order valence-corrected chi connectivity index (χ4v) is 3.81. The molecule has 2 aromatic rings. The van der Waals surface area contributed by atoms with E-state index in [9.17, 15) is 27.2 Å². The summed E-state index contributed by atoms with van der Waals surface area (Å²) in [4.78, 5) is 24.8. The Morgan fingerprint density at radius 2 is 2.00 bits per heavy atom. The molecule has 0 aliphatic carbocycles. The lowest BCUT2D eigenvalue weighted by molar-refractivity contribution is -0.140. The van der Waals surface area contributed by atoms with Crippen molar-refractivity contribution < 1.29 is 31.6 Å². The number of carbonyl (C=O) groups is 2. The summed E-state index contributed by atoms with van der Waals surface area (Å²) in [7, 11) is 0. The predicted molar refractivity (Wildman–Crippen MR) is 103 cm³/mol. The first-order valence-corrected chi connectivity index (χ1v) is 9.29. The van der Waals surface area contributed by atoms with Gasteiger partial charge in [-0.15, -0.1) is 0 Å². The Bertz CT molecular complexity index is 1030. The van der Waals surface area contributed by atoms with Gasteiger partial charge in [-0.05, 0) is 30.3 Å². The lowest BCUT2D eigenvalue weighted by atomic mass is 10.1. The van der Waals surface area contributed by atoms with E-state index in [-0.39, 0.29) is 39.3 Å². The number of thiocarbonyl (C=S) groups is 1. The molecule has 152 valence electrons. The number of nitrogens with two attached hydrogens (primary N) is 1. The lowest BCUT2D eigenvalue weighted by Crippen LogP contribution is -2.31. The van der Waals surface area contributed by atoms with Gasteiger partial charge in [0, 0.05) is 24.6 Å². The van der Waals surface area contributed by atoms with Crippen LogP contribution >= 0.6 is 24.0 Å². The second-order valence-electron chi connectivity index (χ2n) is 5.94. The summed E-state index contributed by atoms with van der Waals surface area (Å²) >= 11 is 6.11. The number of carbonyl (C=O) groups excluding carboxylic acids is 2. The third-order valence-electron chi connectivity index (χ3n) is 3.91. The fraction of sp³-hybridized carbons (Fsp3) is 0.167. The van der Waals surface area contributed by atoms with Gasteiger partial charge in [0.05, 0.1) is 10.5 Å². The molecule has 1 aliphatic heterocycles. The van der Waals surface area contributed by atoms with Crippen LogP contribution in [0.3, 0.4) is 0 Å². The van der Waals surface area contributed by atoms with Crippen LogP contribution in [0.25, 0.3) is 17.4 Å². The fourth-order valence-electron chi connectivity index (χ4n) is 2.53. The molecule has 0 spiro atoms. The zero-order valence-corrected chi connectivity index (χ0v) is 16.1. The molecule has 0 unspecified atom stereocenters. The molecule has 2 amide bonds. The first-order chi connectivity index (χ1) is 13.6. The number of amides is 2. The number of furan rings is 1. The van der Waals surface area contributed by atoms with Crippen LogP contribution in [0.2, 0.25) is 0 Å². The minimum atomic E-state index is -4.84. The van der Waals surface area contributed by atoms with E-state index in [0.717, 1.165) is 17.8 Å². The molecule has 0 radical (unpaired) electrons. The van der Waals surface area contributed by atoms with Crippen molar-refractivity contribution in [3.05, 3.63) is 52.4 Å². The molecule has 5 nitrogen and oxygen atoms in total. The molecule has 1 aromatic carbocycles. The van der Waals surface area contributed by atoms with Gasteiger partial charge >= 0.3 is 6.18 Å². The smallest absolute Gasteiger partial charge is 0.419 e. The highest BCUT2D eigenvalue weighted by Crippen LogP contribution is 2.36. The first-order valence-electron chi connectivity index (χ1n) is 8.07. The maximum Gasteiger partial charge on any atom is 0.419 e. The van der Waals surface area contributed by atoms with E-state index in [4.69, 9.17) is 22.4 Å². The van der Waals surface area contributed by atoms with Crippen molar-refractivity contribution in [2.24, 2.45) is 5.73 Å². The molecular weight excluding hydrogens is 432 g/mol. The Kier molecular flexibility index (Phi) is 5.80. The molecule has 29 heavy (non-hydrogen) atoms. The van der Waals surface area contributed by atoms with Crippen molar-refractivity contribution in [3.8, 4) is 11.3 Å². The maximum atomic E-state index is 13.4. The van der Waals surface area contributed by atoms with E-state index in [1.165, 1.54) is 23.1 Å². The molecule has 1 aliphatic rings. The first kappa shape index (κ1) is 21.1. The van der Waals surface area contributed by atoms with Crippen LogP contribution in [-0.2, 0) is 15.8 Å². The van der Waals surface area contributed by atoms with Crippen LogP contribution < -0.4 is 5.73 Å². The van der Waals surface area contributed by atoms with Gasteiger partial charge in [-0.25, -0.2) is 4.39 Å². The van der Waals surface area contributed by atoms with Crippen molar-refractivity contribution in [3.63, 3.8) is 0 Å². The molecule has 0 saturated carbocycles. The minimum absolute atomic E-state index is 0.0346. The molecule has 3 rings (SSSR count). The second-order valence-corrected chi connectivity index (χ2v) is 7.62. The zero-order valence-electron chi connectivity index (χ0n) is 14.5. The molecule has 2 heterocycles. The summed E-state index contributed by atoms with van der Waals surface area (Å²) < 4.78 is 57.8. The molecule has 0 bridgehead atoms. The topological polar surface area (TPSA) is 76.5 Å². The Balaban J connectivity index is 1.83. The summed E-state index contributed by atoms with van der Waals surface area (Å²) in [5, 5.41) is 0. The van der Waals surface area contributed by atoms with Gasteiger partial charge in [0.1, 0.15) is 21.7 Å². The van der Waals surface area contributed by atoms with Crippen LogP contribution in [0, 0.1) is 5.82 Å². The molecule has 1 saturated heterocycles. The van der Waals surface area contributed by atoms with E-state index in [0.29, 0.717) is 12.1 Å². The van der Waals surface area contributed by atoms with Crippen molar-refractivity contribution >= 4 is 46.2 Å². The molecular formula is C18H12F4N2O3S2. The maximum absolute atomic E-state index is 13.4. The average Bonchev–Trinajstić information content (AvgIpc) is 3.18. The van der Waals surface area contributed by atoms with Crippen LogP contribution in [0.15, 0.2) is 39.7 Å². The summed E-state index contributed by atoms with van der Waals surface area (Å²) in [5.41, 5.74) is 3.71. The third-order valence-corrected chi connectivity index (χ3v) is 5.29. The van der Waals surface area contributed by atoms with Gasteiger partial charge in [-0.1, -0.05) is 24.0 Å². The quantitative estimate of drug-likeness (QED) is 0.425. The van der Waals surface area contributed by atoms with Crippen LogP contribution in [0.5, 0.6) is 0 Å². The van der Waals surface area contributed by atoms with Gasteiger partial charge < -0.3 is 10.2 Å². The van der Waals surface area contributed by atoms with Crippen molar-refractivity contribution in [2.75, 3.05) is 6.54 Å². The van der Waals surface area contributed by atoms with Crippen molar-refractivity contribution in [1.82, 2.24) is 4.90 Å². The van der Waals surface area contributed by atoms with Crippen LogP contribution in [0.4, 0.5) is 17.6 Å². The number of hydrogen-bond acceptors (Lipinski definition) is 5. The van der Waals surface area contributed by atoms with E-state index >= 15 is 0 Å². The molecule has 0 atom stereocenters. The molecule has 1 fully saturated rings. The standard InChI is InChI=1S/C18H12F4N2O3S2/c19-12-3-1-9(7-11(12)18(20,21)22)13-4-2-10(27-13)8-14-16(26)24(17(28)29-14)6-5-15(23)25/h1-4,7-8H,5-6H2,(H2,23,25)/b14-8-. The van der Waals surface area contributed by atoms with Gasteiger partial charge in [-0.2, -0.15) is 13.2 Å². The number of primary amides is 1.